The number of hydrogen-bond donors (Lipinski definition) is 1. The van der Waals surface area contributed by atoms with Crippen LogP contribution in [-0.2, 0) is 31.2 Å². The summed E-state index contributed by atoms with van der Waals surface area (Å²) in [4.78, 5) is 11.7. The second-order valence-electron chi connectivity index (χ2n) is 6.59. The van der Waals surface area contributed by atoms with E-state index in [0.29, 0.717) is 5.56 Å². The summed E-state index contributed by atoms with van der Waals surface area (Å²) in [5.74, 6) is -0.405. The van der Waals surface area contributed by atoms with E-state index in [4.69, 9.17) is 0 Å². The minimum Gasteiger partial charge on any atom is -0.351 e. The van der Waals surface area contributed by atoms with Crippen molar-refractivity contribution in [1.82, 2.24) is 9.62 Å². The Balaban J connectivity index is 1.80. The number of sulfonamides is 1. The van der Waals surface area contributed by atoms with Gasteiger partial charge in [0.25, 0.3) is 10.0 Å². The average Bonchev–Trinajstić information content (AvgIpc) is 3.06. The lowest BCUT2D eigenvalue weighted by Gasteiger charge is -2.18. The first-order chi connectivity index (χ1) is 13.2. The highest BCUT2D eigenvalue weighted by molar-refractivity contribution is 7.92. The van der Waals surface area contributed by atoms with Gasteiger partial charge in [-0.3, -0.25) is 4.79 Å². The van der Waals surface area contributed by atoms with Gasteiger partial charge in [-0.1, -0.05) is 30.3 Å². The van der Waals surface area contributed by atoms with Crippen molar-refractivity contribution in [2.45, 2.75) is 29.3 Å². The van der Waals surface area contributed by atoms with E-state index in [1.807, 2.05) is 6.07 Å². The summed E-state index contributed by atoms with van der Waals surface area (Å²) in [7, 11) is -7.24. The molecule has 0 aliphatic carbocycles. The van der Waals surface area contributed by atoms with Crippen LogP contribution < -0.4 is 5.32 Å². The highest BCUT2D eigenvalue weighted by atomic mass is 32.2. The quantitative estimate of drug-likeness (QED) is 0.763. The summed E-state index contributed by atoms with van der Waals surface area (Å²) in [5.41, 5.74) is 0.690. The minimum absolute atomic E-state index is 0.0626. The lowest BCUT2D eigenvalue weighted by Crippen LogP contribution is -2.33. The fourth-order valence-electron chi connectivity index (χ4n) is 3.14. The Kier molecular flexibility index (Phi) is 6.23. The van der Waals surface area contributed by atoms with E-state index >= 15 is 0 Å². The van der Waals surface area contributed by atoms with Gasteiger partial charge in [-0.25, -0.2) is 16.8 Å². The average molecular weight is 443 g/mol. The summed E-state index contributed by atoms with van der Waals surface area (Å²) < 4.78 is 52.8. The first kappa shape index (κ1) is 21.0. The predicted molar refractivity (Wildman–Crippen MR) is 108 cm³/mol. The Morgan fingerprint density at radius 2 is 1.89 bits per heavy atom. The van der Waals surface area contributed by atoms with Gasteiger partial charge in [0.15, 0.2) is 9.84 Å². The molecule has 0 saturated carbocycles. The number of nitrogens with one attached hydrogen (secondary N) is 1. The molecule has 1 amide bonds. The van der Waals surface area contributed by atoms with Crippen LogP contribution in [-0.4, -0.2) is 45.9 Å². The van der Waals surface area contributed by atoms with Gasteiger partial charge in [0.1, 0.15) is 4.21 Å². The molecule has 2 heterocycles. The number of carbonyl (C=O) groups excluding carboxylic acids is 1. The van der Waals surface area contributed by atoms with Crippen LogP contribution >= 0.6 is 11.3 Å². The van der Waals surface area contributed by atoms with Crippen LogP contribution in [0.5, 0.6) is 0 Å². The molecule has 10 heteroatoms. The van der Waals surface area contributed by atoms with Gasteiger partial charge in [-0.05, 0) is 24.1 Å². The number of sulfone groups is 1. The fourth-order valence-corrected chi connectivity index (χ4v) is 7.95. The number of benzene rings is 1. The molecule has 0 radical (unpaired) electrons. The first-order valence-electron chi connectivity index (χ1n) is 8.80. The second kappa shape index (κ2) is 8.32. The van der Waals surface area contributed by atoms with Crippen LogP contribution in [0.15, 0.2) is 46.7 Å². The monoisotopic (exact) mass is 442 g/mol. The highest BCUT2D eigenvalue weighted by Crippen LogP contribution is 2.32. The Labute approximate surface area is 169 Å². The summed E-state index contributed by atoms with van der Waals surface area (Å²) in [6, 6.07) is 12.1. The molecule has 1 saturated heterocycles. The van der Waals surface area contributed by atoms with E-state index in [1.54, 1.807) is 30.3 Å². The number of carbonyl (C=O) groups is 1. The molecule has 1 fully saturated rings. The molecule has 7 nitrogen and oxygen atoms in total. The second-order valence-corrected chi connectivity index (χ2v) is 12.2. The van der Waals surface area contributed by atoms with Crippen molar-refractivity contribution in [2.75, 3.05) is 18.8 Å². The van der Waals surface area contributed by atoms with Gasteiger partial charge in [0.05, 0.1) is 17.5 Å². The topological polar surface area (TPSA) is 101 Å². The molecule has 0 spiro atoms. The van der Waals surface area contributed by atoms with Crippen molar-refractivity contribution < 1.29 is 21.6 Å². The zero-order chi connectivity index (χ0) is 20.4. The third kappa shape index (κ3) is 4.62. The van der Waals surface area contributed by atoms with Gasteiger partial charge in [-0.2, -0.15) is 4.31 Å². The Morgan fingerprint density at radius 1 is 1.18 bits per heavy atom. The van der Waals surface area contributed by atoms with E-state index in [9.17, 15) is 21.6 Å². The summed E-state index contributed by atoms with van der Waals surface area (Å²) >= 11 is 1.09. The highest BCUT2D eigenvalue weighted by Gasteiger charge is 2.36. The van der Waals surface area contributed by atoms with Crippen molar-refractivity contribution in [2.24, 2.45) is 0 Å². The normalized spacial score (nSPS) is 20.4. The van der Waals surface area contributed by atoms with Crippen molar-refractivity contribution in [3.63, 3.8) is 0 Å². The first-order valence-corrected chi connectivity index (χ1v) is 12.8. The number of amides is 1. The van der Waals surface area contributed by atoms with Crippen LogP contribution in [0.2, 0.25) is 0 Å². The van der Waals surface area contributed by atoms with Crippen LogP contribution in [0.1, 0.15) is 29.0 Å². The number of nitrogens with zero attached hydrogens (tertiary/aromatic N) is 1. The minimum atomic E-state index is -3.78. The van der Waals surface area contributed by atoms with Crippen LogP contribution in [0, 0.1) is 0 Å². The van der Waals surface area contributed by atoms with Gasteiger partial charge >= 0.3 is 0 Å². The maximum atomic E-state index is 13.0. The molecule has 1 aliphatic rings. The zero-order valence-electron chi connectivity index (χ0n) is 15.4. The molecule has 2 aromatic rings. The van der Waals surface area contributed by atoms with Gasteiger partial charge in [0.2, 0.25) is 5.91 Å². The van der Waals surface area contributed by atoms with Crippen LogP contribution in [0.3, 0.4) is 0 Å². The largest absolute Gasteiger partial charge is 0.351 e. The van der Waals surface area contributed by atoms with E-state index in [0.717, 1.165) is 16.2 Å². The SMILES string of the molecule is CC(=O)NCc1ccc(S(=O)(=O)N2CCC(c3ccccc3)S(=O)(=O)CC2)s1. The maximum Gasteiger partial charge on any atom is 0.252 e. The van der Waals surface area contributed by atoms with E-state index in [2.05, 4.69) is 5.32 Å². The smallest absolute Gasteiger partial charge is 0.252 e. The lowest BCUT2D eigenvalue weighted by atomic mass is 10.1. The Morgan fingerprint density at radius 3 is 2.57 bits per heavy atom. The van der Waals surface area contributed by atoms with Crippen LogP contribution in [0.25, 0.3) is 0 Å². The zero-order valence-corrected chi connectivity index (χ0v) is 17.8. The van der Waals surface area contributed by atoms with Crippen molar-refractivity contribution in [1.29, 1.82) is 0 Å². The summed E-state index contributed by atoms with van der Waals surface area (Å²) in [6.07, 6.45) is 0.218. The van der Waals surface area contributed by atoms with Crippen LogP contribution in [0.4, 0.5) is 0 Å². The summed E-state index contributed by atoms with van der Waals surface area (Å²) in [6.45, 7) is 1.74. The standard InChI is InChI=1S/C18H22N2O5S3/c1-14(21)19-13-16-7-8-18(26-16)28(24,25)20-10-9-17(27(22,23)12-11-20)15-5-3-2-4-6-15/h2-8,17H,9-13H2,1H3,(H,19,21). The molecule has 1 aromatic carbocycles. The number of hydrogen-bond acceptors (Lipinski definition) is 6. The lowest BCUT2D eigenvalue weighted by molar-refractivity contribution is -0.119. The molecule has 1 N–H and O–H groups in total. The molecule has 1 aromatic heterocycles. The van der Waals surface area contributed by atoms with Crippen molar-refractivity contribution in [3.8, 4) is 0 Å². The molecule has 3 rings (SSSR count). The van der Waals surface area contributed by atoms with E-state index in [1.165, 1.54) is 17.3 Å². The fraction of sp³-hybridized carbons (Fsp3) is 0.389. The van der Waals surface area contributed by atoms with Crippen molar-refractivity contribution in [3.05, 3.63) is 52.9 Å². The van der Waals surface area contributed by atoms with E-state index < -0.39 is 25.1 Å². The molecule has 0 bridgehead atoms. The third-order valence-electron chi connectivity index (χ3n) is 4.61. The third-order valence-corrected chi connectivity index (χ3v) is 10.2. The number of thiophene rings is 1. The van der Waals surface area contributed by atoms with Gasteiger partial charge in [0, 0.05) is 24.9 Å². The molecule has 28 heavy (non-hydrogen) atoms. The molecule has 1 atom stereocenters. The summed E-state index contributed by atoms with van der Waals surface area (Å²) in [5, 5.41) is 1.93. The molecule has 152 valence electrons. The van der Waals surface area contributed by atoms with E-state index in [-0.39, 0.29) is 41.9 Å². The molecular weight excluding hydrogens is 420 g/mol. The number of rotatable bonds is 5. The Bertz CT molecular complexity index is 1050. The Hall–Kier alpha value is -1.75. The maximum absolute atomic E-state index is 13.0. The van der Waals surface area contributed by atoms with Gasteiger partial charge in [-0.15, -0.1) is 11.3 Å². The predicted octanol–water partition coefficient (Wildman–Crippen LogP) is 1.93. The van der Waals surface area contributed by atoms with Gasteiger partial charge < -0.3 is 5.32 Å². The molecular formula is C18H22N2O5S3. The molecule has 1 unspecified atom stereocenters. The molecule has 1 aliphatic heterocycles. The van der Waals surface area contributed by atoms with Crippen molar-refractivity contribution >= 4 is 37.1 Å².